The van der Waals surface area contributed by atoms with Crippen LogP contribution in [0.15, 0.2) is 73.1 Å². The molecule has 334 valence electrons. The van der Waals surface area contributed by atoms with Gasteiger partial charge in [0.25, 0.3) is 11.8 Å². The quantitative estimate of drug-likeness (QED) is 0.152. The first-order chi connectivity index (χ1) is 26.3. The summed E-state index contributed by atoms with van der Waals surface area (Å²) in [6.07, 6.45) is -37.8. The zero-order valence-electron chi connectivity index (χ0n) is 31.0. The van der Waals surface area contributed by atoms with Crippen molar-refractivity contribution in [3.63, 3.8) is 0 Å². The summed E-state index contributed by atoms with van der Waals surface area (Å²) < 4.78 is 243. The summed E-state index contributed by atoms with van der Waals surface area (Å²) in [7, 11) is -4.14. The number of halogens is 18. The molecule has 2 rings (SSSR count). The van der Waals surface area contributed by atoms with E-state index in [1.54, 1.807) is 37.6 Å². The minimum atomic E-state index is -6.68. The Hall–Kier alpha value is -4.05. The number of carbonyl (C=O) groups is 2. The van der Waals surface area contributed by atoms with E-state index in [0.29, 0.717) is 17.4 Å². The number of amides is 2. The lowest BCUT2D eigenvalue weighted by Crippen LogP contribution is -2.69. The molecule has 0 atom stereocenters. The molecule has 0 aliphatic heterocycles. The van der Waals surface area contributed by atoms with Gasteiger partial charge in [-0.05, 0) is 24.3 Å². The molecule has 0 saturated carbocycles. The summed E-state index contributed by atoms with van der Waals surface area (Å²) in [6.45, 7) is 8.22. The fourth-order valence-corrected chi connectivity index (χ4v) is 7.14. The van der Waals surface area contributed by atoms with Crippen LogP contribution in [0.25, 0.3) is 0 Å². The molecule has 0 aliphatic carbocycles. The van der Waals surface area contributed by atoms with E-state index >= 15 is 0 Å². The van der Waals surface area contributed by atoms with Crippen molar-refractivity contribution in [3.8, 4) is 0 Å². The highest BCUT2D eigenvalue weighted by atomic mass is 28.3. The summed E-state index contributed by atoms with van der Waals surface area (Å²) in [5, 5.41) is 2.28. The molecule has 0 bridgehead atoms. The first-order valence-electron chi connectivity index (χ1n) is 15.9. The maximum Gasteiger partial charge on any atom is 0.436 e. The van der Waals surface area contributed by atoms with Crippen LogP contribution >= 0.6 is 0 Å². The number of hydrogen-bond acceptors (Lipinski definition) is 4. The lowest BCUT2D eigenvalue weighted by Gasteiger charge is -2.39. The van der Waals surface area contributed by atoms with E-state index in [4.69, 9.17) is 0 Å². The van der Waals surface area contributed by atoms with Crippen LogP contribution in [0.2, 0.25) is 26.2 Å². The molecular formula is C33H34F18N2O4Si2. The molecule has 0 aliphatic rings. The van der Waals surface area contributed by atoms with Gasteiger partial charge in [-0.15, -0.1) is 13.2 Å². The smallest absolute Gasteiger partial charge is 0.323 e. The van der Waals surface area contributed by atoms with Gasteiger partial charge in [0.1, 0.15) is 16.1 Å². The van der Waals surface area contributed by atoms with Crippen LogP contribution in [0.3, 0.4) is 0 Å². The van der Waals surface area contributed by atoms with Crippen LogP contribution in [0, 0.1) is 0 Å². The Bertz CT molecular complexity index is 1780. The number of ether oxygens (including phenoxy) is 2. The largest absolute Gasteiger partial charge is 0.436 e. The Balaban J connectivity index is 0.000000590. The predicted molar refractivity (Wildman–Crippen MR) is 183 cm³/mol. The number of nitrogens with zero attached hydrogens (tertiary/aromatic N) is 1. The van der Waals surface area contributed by atoms with Crippen LogP contribution < -0.4 is 20.6 Å². The van der Waals surface area contributed by atoms with Crippen LogP contribution in [-0.2, 0) is 19.1 Å². The van der Waals surface area contributed by atoms with E-state index in [2.05, 4.69) is 22.6 Å². The van der Waals surface area contributed by atoms with E-state index < -0.39 is 101 Å². The second-order valence-electron chi connectivity index (χ2n) is 13.4. The Kier molecular flexibility index (Phi) is 16.1. The van der Waals surface area contributed by atoms with Crippen molar-refractivity contribution in [1.29, 1.82) is 0 Å². The van der Waals surface area contributed by atoms with Gasteiger partial charge in [-0.1, -0.05) is 72.2 Å². The van der Waals surface area contributed by atoms with Crippen LogP contribution in [0.4, 0.5) is 90.4 Å². The molecule has 0 unspecified atom stereocenters. The number of hydrogen-bond donors (Lipinski definition) is 1. The van der Waals surface area contributed by atoms with E-state index in [1.807, 2.05) is 0 Å². The third-order valence-corrected chi connectivity index (χ3v) is 13.9. The van der Waals surface area contributed by atoms with Gasteiger partial charge in [-0.3, -0.25) is 19.1 Å². The van der Waals surface area contributed by atoms with Gasteiger partial charge >= 0.3 is 48.1 Å². The lowest BCUT2D eigenvalue weighted by atomic mass is 9.99. The standard InChI is InChI=1S/C17H18F9NO2Si.C16H16F9NO2Si/c1-5-30(3,4)12-8-6-7-11(9-12)27(2)13(28)15(16(21,22)23,17(24,25)26)29-14(19,20)10-18;1-4-29(2,3)11-7-5-6-10(8-11)26-12(27)14(15(20,21)22,16(23,24)25)28-13(18,19)9-17/h5-9H,1,10H2,2-4H3;4-8H,1,9H2,2-3H3,(H,26,27). The zero-order chi connectivity index (χ0) is 46.6. The SMILES string of the molecule is C=C[Si](C)(C)c1cccc(N(C)C(=O)C(OC(F)(F)CF)(C(F)(F)F)C(F)(F)F)c1.C=C[Si](C)(C)c1cccc(NC(=O)C(OC(F)(F)CF)(C(F)(F)F)C(F)(F)F)c1. The van der Waals surface area contributed by atoms with Gasteiger partial charge < -0.3 is 10.2 Å². The molecule has 0 fully saturated rings. The van der Waals surface area contributed by atoms with Crippen molar-refractivity contribution >= 4 is 49.7 Å². The Morgan fingerprint density at radius 1 is 0.627 bits per heavy atom. The van der Waals surface area contributed by atoms with Gasteiger partial charge in [0, 0.05) is 18.4 Å². The maximum absolute atomic E-state index is 13.4. The molecule has 0 spiro atoms. The number of rotatable bonds is 14. The number of alkyl halides is 18. The van der Waals surface area contributed by atoms with Crippen molar-refractivity contribution in [2.24, 2.45) is 0 Å². The highest BCUT2D eigenvalue weighted by molar-refractivity contribution is 6.94. The second-order valence-corrected chi connectivity index (χ2v) is 22.3. The monoisotopic (exact) mass is 920 g/mol. The average Bonchev–Trinajstić information content (AvgIpc) is 3.10. The molecule has 2 aromatic carbocycles. The number of nitrogens with one attached hydrogen (secondary N) is 1. The molecule has 1 N–H and O–H groups in total. The van der Waals surface area contributed by atoms with Crippen LogP contribution in [-0.4, -0.2) is 96.5 Å². The number of anilines is 2. The molecule has 0 radical (unpaired) electrons. The molecular weight excluding hydrogens is 887 g/mol. The number of likely N-dealkylation sites (N-methyl/N-ethyl adjacent to an activating group) is 1. The molecule has 26 heteroatoms. The molecule has 59 heavy (non-hydrogen) atoms. The summed E-state index contributed by atoms with van der Waals surface area (Å²) >= 11 is 0. The highest BCUT2D eigenvalue weighted by Gasteiger charge is 2.81. The Morgan fingerprint density at radius 2 is 0.983 bits per heavy atom. The normalized spacial score (nSPS) is 13.9. The first kappa shape index (κ1) is 53.0. The van der Waals surface area contributed by atoms with Gasteiger partial charge in [0.2, 0.25) is 0 Å². The second kappa shape index (κ2) is 17.9. The molecule has 2 amide bonds. The van der Waals surface area contributed by atoms with Crippen molar-refractivity contribution in [3.05, 3.63) is 73.1 Å². The summed E-state index contributed by atoms with van der Waals surface area (Å²) in [5.41, 5.74) is -9.82. The first-order valence-corrected chi connectivity index (χ1v) is 22.1. The van der Waals surface area contributed by atoms with E-state index in [-0.39, 0.29) is 4.90 Å². The molecule has 6 nitrogen and oxygen atoms in total. The maximum atomic E-state index is 13.4. The van der Waals surface area contributed by atoms with E-state index in [1.165, 1.54) is 29.6 Å². The van der Waals surface area contributed by atoms with Crippen LogP contribution in [0.5, 0.6) is 0 Å². The van der Waals surface area contributed by atoms with E-state index in [0.717, 1.165) is 24.3 Å². The highest BCUT2D eigenvalue weighted by Crippen LogP contribution is 2.51. The number of carbonyl (C=O) groups excluding carboxylic acids is 2. The minimum Gasteiger partial charge on any atom is -0.323 e. The fourth-order valence-electron chi connectivity index (χ4n) is 4.57. The minimum absolute atomic E-state index is 0.105. The third-order valence-electron chi connectivity index (χ3n) is 8.30. The summed E-state index contributed by atoms with van der Waals surface area (Å²) in [6, 6.07) is 9.77. The van der Waals surface area contributed by atoms with Gasteiger partial charge in [-0.25, -0.2) is 8.78 Å². The van der Waals surface area contributed by atoms with E-state index in [9.17, 15) is 88.6 Å². The molecule has 0 aromatic heterocycles. The van der Waals surface area contributed by atoms with Gasteiger partial charge in [0.05, 0.1) is 0 Å². The topological polar surface area (TPSA) is 67.9 Å². The predicted octanol–water partition coefficient (Wildman–Crippen LogP) is 9.44. The van der Waals surface area contributed by atoms with Crippen molar-refractivity contribution < 1.29 is 98.1 Å². The number of benzene rings is 2. The van der Waals surface area contributed by atoms with Gasteiger partial charge in [-0.2, -0.15) is 70.2 Å². The average molecular weight is 921 g/mol. The summed E-state index contributed by atoms with van der Waals surface area (Å²) in [4.78, 5) is 24.3. The summed E-state index contributed by atoms with van der Waals surface area (Å²) in [5.74, 6) is -5.88. The van der Waals surface area contributed by atoms with Crippen molar-refractivity contribution in [1.82, 2.24) is 0 Å². The lowest BCUT2D eigenvalue weighted by molar-refractivity contribution is -0.422. The fraction of sp³-hybridized carbons (Fsp3) is 0.455. The van der Waals surface area contributed by atoms with Crippen molar-refractivity contribution in [2.75, 3.05) is 30.6 Å². The molecule has 0 saturated heterocycles. The van der Waals surface area contributed by atoms with Crippen molar-refractivity contribution in [2.45, 2.75) is 74.3 Å². The zero-order valence-corrected chi connectivity index (χ0v) is 33.0. The van der Waals surface area contributed by atoms with Crippen LogP contribution in [0.1, 0.15) is 0 Å². The Morgan fingerprint density at radius 3 is 1.34 bits per heavy atom. The Labute approximate surface area is 325 Å². The van der Waals surface area contributed by atoms with Gasteiger partial charge in [0.15, 0.2) is 13.3 Å². The molecule has 2 aromatic rings. The molecule has 0 heterocycles. The third kappa shape index (κ3) is 11.6.